The van der Waals surface area contributed by atoms with E-state index in [-0.39, 0.29) is 30.7 Å². The monoisotopic (exact) mass is 431 g/mol. The molecule has 5 nitrogen and oxygen atoms in total. The van der Waals surface area contributed by atoms with Gasteiger partial charge in [0.2, 0.25) is 5.91 Å². The second-order valence-electron chi connectivity index (χ2n) is 7.95. The van der Waals surface area contributed by atoms with Crippen molar-refractivity contribution < 1.29 is 14.0 Å². The van der Waals surface area contributed by atoms with Gasteiger partial charge < -0.3 is 10.6 Å². The molecule has 1 heterocycles. The fourth-order valence-corrected chi connectivity index (χ4v) is 3.89. The Morgan fingerprint density at radius 3 is 2.53 bits per heavy atom. The minimum absolute atomic E-state index is 0.146. The molecule has 3 aromatic carbocycles. The Morgan fingerprint density at radius 2 is 1.72 bits per heavy atom. The molecule has 3 amide bonds. The average Bonchev–Trinajstić information content (AvgIpc) is 3.02. The van der Waals surface area contributed by atoms with Crippen LogP contribution in [0.4, 0.5) is 20.6 Å². The van der Waals surface area contributed by atoms with E-state index in [1.165, 1.54) is 17.7 Å². The van der Waals surface area contributed by atoms with E-state index in [1.54, 1.807) is 29.2 Å². The molecule has 0 fully saturated rings. The zero-order valence-corrected chi connectivity index (χ0v) is 17.8. The van der Waals surface area contributed by atoms with Gasteiger partial charge >= 0.3 is 6.03 Å². The van der Waals surface area contributed by atoms with Crippen LogP contribution in [0.2, 0.25) is 0 Å². The topological polar surface area (TPSA) is 61.4 Å². The Labute approximate surface area is 187 Å². The quantitative estimate of drug-likeness (QED) is 0.593. The number of aryl methyl sites for hydroxylation is 1. The van der Waals surface area contributed by atoms with E-state index < -0.39 is 0 Å². The number of halogens is 1. The molecule has 0 radical (unpaired) electrons. The smallest absolute Gasteiger partial charge is 0.326 e. The highest BCUT2D eigenvalue weighted by Gasteiger charge is 2.20. The number of anilines is 2. The predicted octanol–water partition coefficient (Wildman–Crippen LogP) is 5.06. The van der Waals surface area contributed by atoms with Crippen molar-refractivity contribution >= 4 is 23.3 Å². The second kappa shape index (κ2) is 10.1. The summed E-state index contributed by atoms with van der Waals surface area (Å²) < 4.78 is 13.2. The van der Waals surface area contributed by atoms with E-state index in [0.29, 0.717) is 17.8 Å². The lowest BCUT2D eigenvalue weighted by atomic mass is 10.1. The summed E-state index contributed by atoms with van der Waals surface area (Å²) in [6, 6.07) is 21.3. The van der Waals surface area contributed by atoms with Gasteiger partial charge in [-0.05, 0) is 66.3 Å². The van der Waals surface area contributed by atoms with Crippen molar-refractivity contribution in [1.82, 2.24) is 5.32 Å². The van der Waals surface area contributed by atoms with Crippen molar-refractivity contribution in [3.63, 3.8) is 0 Å². The van der Waals surface area contributed by atoms with E-state index in [0.717, 1.165) is 30.5 Å². The van der Waals surface area contributed by atoms with Gasteiger partial charge in [0.25, 0.3) is 0 Å². The van der Waals surface area contributed by atoms with Gasteiger partial charge in [0.15, 0.2) is 0 Å². The number of fused-ring (bicyclic) bond motifs is 1. The molecule has 0 aliphatic carbocycles. The Hall–Kier alpha value is -3.67. The van der Waals surface area contributed by atoms with Gasteiger partial charge in [-0.1, -0.05) is 42.5 Å². The number of urea groups is 1. The van der Waals surface area contributed by atoms with Crippen molar-refractivity contribution in [3.05, 3.63) is 95.3 Å². The lowest BCUT2D eigenvalue weighted by Crippen LogP contribution is -2.35. The number of para-hydroxylation sites is 1. The van der Waals surface area contributed by atoms with E-state index in [4.69, 9.17) is 0 Å². The lowest BCUT2D eigenvalue weighted by molar-refractivity contribution is -0.120. The van der Waals surface area contributed by atoms with Crippen LogP contribution in [0.15, 0.2) is 72.8 Å². The Morgan fingerprint density at radius 1 is 0.906 bits per heavy atom. The number of amides is 3. The molecule has 0 bridgehead atoms. The second-order valence-corrected chi connectivity index (χ2v) is 7.95. The van der Waals surface area contributed by atoms with Crippen LogP contribution in [-0.2, 0) is 24.2 Å². The fourth-order valence-electron chi connectivity index (χ4n) is 3.89. The zero-order chi connectivity index (χ0) is 22.3. The third-order valence-electron chi connectivity index (χ3n) is 5.55. The van der Waals surface area contributed by atoms with Crippen LogP contribution < -0.4 is 15.5 Å². The molecule has 0 unspecified atom stereocenters. The third-order valence-corrected chi connectivity index (χ3v) is 5.55. The fraction of sp³-hybridized carbons (Fsp3) is 0.231. The van der Waals surface area contributed by atoms with Crippen LogP contribution in [0.3, 0.4) is 0 Å². The zero-order valence-electron chi connectivity index (χ0n) is 17.8. The van der Waals surface area contributed by atoms with Crippen LogP contribution >= 0.6 is 0 Å². The molecule has 164 valence electrons. The SMILES string of the molecule is O=C(Cc1ccc(NC(=O)N2CCCCc3ccccc32)cc1)NCc1cccc(F)c1. The number of carbonyl (C=O) groups excluding carboxylic acids is 2. The Balaban J connectivity index is 1.32. The van der Waals surface area contributed by atoms with E-state index >= 15 is 0 Å². The van der Waals surface area contributed by atoms with Crippen molar-refractivity contribution in [2.24, 2.45) is 0 Å². The molecule has 0 saturated heterocycles. The molecule has 2 N–H and O–H groups in total. The molecule has 32 heavy (non-hydrogen) atoms. The maximum atomic E-state index is 13.2. The van der Waals surface area contributed by atoms with Crippen LogP contribution in [-0.4, -0.2) is 18.5 Å². The minimum Gasteiger partial charge on any atom is -0.352 e. The summed E-state index contributed by atoms with van der Waals surface area (Å²) >= 11 is 0. The number of nitrogens with one attached hydrogen (secondary N) is 2. The molecule has 0 saturated carbocycles. The van der Waals surface area contributed by atoms with Crippen molar-refractivity contribution in [1.29, 1.82) is 0 Å². The van der Waals surface area contributed by atoms with Crippen molar-refractivity contribution in [2.75, 3.05) is 16.8 Å². The molecule has 4 rings (SSSR count). The first-order valence-electron chi connectivity index (χ1n) is 10.8. The van der Waals surface area contributed by atoms with Crippen LogP contribution in [0.5, 0.6) is 0 Å². The van der Waals surface area contributed by atoms with Gasteiger partial charge in [0, 0.05) is 24.5 Å². The minimum atomic E-state index is -0.321. The van der Waals surface area contributed by atoms with E-state index in [1.807, 2.05) is 30.3 Å². The molecule has 1 aliphatic heterocycles. The first kappa shape index (κ1) is 21.6. The molecule has 0 atom stereocenters. The maximum Gasteiger partial charge on any atom is 0.326 e. The molecule has 3 aromatic rings. The number of benzene rings is 3. The summed E-state index contributed by atoms with van der Waals surface area (Å²) in [5.41, 5.74) is 4.39. The number of nitrogens with zero attached hydrogens (tertiary/aromatic N) is 1. The highest BCUT2D eigenvalue weighted by atomic mass is 19.1. The number of carbonyl (C=O) groups is 2. The normalized spacial score (nSPS) is 13.1. The molecule has 0 spiro atoms. The summed E-state index contributed by atoms with van der Waals surface area (Å²) in [5.74, 6) is -0.467. The van der Waals surface area contributed by atoms with Gasteiger partial charge in [0.05, 0.1) is 6.42 Å². The summed E-state index contributed by atoms with van der Waals surface area (Å²) in [6.45, 7) is 0.967. The first-order valence-corrected chi connectivity index (χ1v) is 10.8. The summed E-state index contributed by atoms with van der Waals surface area (Å²) in [4.78, 5) is 26.9. The number of hydrogen-bond donors (Lipinski definition) is 2. The summed E-state index contributed by atoms with van der Waals surface area (Å²) in [6.07, 6.45) is 3.22. The van der Waals surface area contributed by atoms with Crippen LogP contribution in [0.25, 0.3) is 0 Å². The predicted molar refractivity (Wildman–Crippen MR) is 124 cm³/mol. The lowest BCUT2D eigenvalue weighted by Gasteiger charge is -2.23. The molecular formula is C26H26FN3O2. The molecule has 6 heteroatoms. The van der Waals surface area contributed by atoms with Gasteiger partial charge in [-0.25, -0.2) is 9.18 Å². The van der Waals surface area contributed by atoms with Gasteiger partial charge in [-0.15, -0.1) is 0 Å². The van der Waals surface area contributed by atoms with Crippen LogP contribution in [0, 0.1) is 5.82 Å². The van der Waals surface area contributed by atoms with Gasteiger partial charge in [-0.3, -0.25) is 9.69 Å². The largest absolute Gasteiger partial charge is 0.352 e. The average molecular weight is 432 g/mol. The third kappa shape index (κ3) is 5.52. The Bertz CT molecular complexity index is 1100. The molecular weight excluding hydrogens is 405 g/mol. The molecule has 0 aromatic heterocycles. The van der Waals surface area contributed by atoms with E-state index in [9.17, 15) is 14.0 Å². The number of hydrogen-bond acceptors (Lipinski definition) is 2. The van der Waals surface area contributed by atoms with Gasteiger partial charge in [0.1, 0.15) is 5.82 Å². The molecule has 1 aliphatic rings. The van der Waals surface area contributed by atoms with Gasteiger partial charge in [-0.2, -0.15) is 0 Å². The first-order chi connectivity index (χ1) is 15.6. The summed E-state index contributed by atoms with van der Waals surface area (Å²) in [5, 5.41) is 5.76. The number of rotatable bonds is 5. The van der Waals surface area contributed by atoms with Crippen molar-refractivity contribution in [3.8, 4) is 0 Å². The van der Waals surface area contributed by atoms with E-state index in [2.05, 4.69) is 16.7 Å². The maximum absolute atomic E-state index is 13.2. The van der Waals surface area contributed by atoms with Crippen LogP contribution in [0.1, 0.15) is 29.5 Å². The highest BCUT2D eigenvalue weighted by Crippen LogP contribution is 2.26. The highest BCUT2D eigenvalue weighted by molar-refractivity contribution is 6.02. The standard InChI is InChI=1S/C26H26FN3O2/c27-22-9-5-6-20(16-22)18-28-25(31)17-19-11-13-23(14-12-19)29-26(32)30-15-4-3-8-21-7-1-2-10-24(21)30/h1-2,5-7,9-14,16H,3-4,8,15,17-18H2,(H,28,31)(H,29,32). The summed E-state index contributed by atoms with van der Waals surface area (Å²) in [7, 11) is 0. The van der Waals surface area contributed by atoms with Crippen molar-refractivity contribution in [2.45, 2.75) is 32.2 Å². The Kier molecular flexibility index (Phi) is 6.80.